The molecule has 1 heterocycles. The molecule has 1 N–H and O–H groups in total. The predicted molar refractivity (Wildman–Crippen MR) is 102 cm³/mol. The fourth-order valence-electron chi connectivity index (χ4n) is 3.42. The second kappa shape index (κ2) is 6.14. The topological polar surface area (TPSA) is 35.8 Å². The molecule has 126 valence electrons. The lowest BCUT2D eigenvalue weighted by atomic mass is 9.80. The van der Waals surface area contributed by atoms with Crippen LogP contribution >= 0.6 is 11.6 Å². The van der Waals surface area contributed by atoms with Crippen molar-refractivity contribution in [3.8, 4) is 5.75 Å². The van der Waals surface area contributed by atoms with Gasteiger partial charge in [0.05, 0.1) is 10.7 Å². The smallest absolute Gasteiger partial charge is 0.117 e. The predicted octanol–water partition coefficient (Wildman–Crippen LogP) is 5.52. The van der Waals surface area contributed by atoms with E-state index in [1.165, 1.54) is 11.3 Å². The van der Waals surface area contributed by atoms with Gasteiger partial charge in [-0.1, -0.05) is 24.6 Å². The highest BCUT2D eigenvalue weighted by Crippen LogP contribution is 2.44. The summed E-state index contributed by atoms with van der Waals surface area (Å²) in [6.45, 7) is 6.78. The van der Waals surface area contributed by atoms with Gasteiger partial charge in [-0.05, 0) is 56.0 Å². The zero-order chi connectivity index (χ0) is 17.5. The van der Waals surface area contributed by atoms with Gasteiger partial charge in [0.2, 0.25) is 0 Å². The number of benzene rings is 2. The Bertz CT molecular complexity index is 798. The van der Waals surface area contributed by atoms with Crippen LogP contribution < -0.4 is 4.90 Å². The van der Waals surface area contributed by atoms with E-state index in [9.17, 15) is 5.11 Å². The Balaban J connectivity index is 1.99. The molecule has 0 aliphatic carbocycles. The van der Waals surface area contributed by atoms with E-state index in [2.05, 4.69) is 43.8 Å². The Kier molecular flexibility index (Phi) is 4.31. The molecule has 1 unspecified atom stereocenters. The highest BCUT2D eigenvalue weighted by atomic mass is 35.5. The molecule has 0 aromatic heterocycles. The quantitative estimate of drug-likeness (QED) is 0.729. The number of nitrogens with zero attached hydrogens (tertiary/aromatic N) is 2. The first-order valence-corrected chi connectivity index (χ1v) is 8.56. The third-order valence-electron chi connectivity index (χ3n) is 4.93. The fourth-order valence-corrected chi connectivity index (χ4v) is 3.63. The van der Waals surface area contributed by atoms with Crippen LogP contribution in [-0.4, -0.2) is 23.9 Å². The number of hydrogen-bond acceptors (Lipinski definition) is 3. The van der Waals surface area contributed by atoms with E-state index in [4.69, 9.17) is 11.6 Å². The summed E-state index contributed by atoms with van der Waals surface area (Å²) in [5.41, 5.74) is 4.22. The first-order valence-electron chi connectivity index (χ1n) is 8.18. The van der Waals surface area contributed by atoms with Gasteiger partial charge in [0.25, 0.3) is 0 Å². The van der Waals surface area contributed by atoms with Crippen molar-refractivity contribution >= 4 is 29.2 Å². The van der Waals surface area contributed by atoms with Crippen molar-refractivity contribution in [3.05, 3.63) is 52.5 Å². The van der Waals surface area contributed by atoms with E-state index >= 15 is 0 Å². The molecule has 3 nitrogen and oxygen atoms in total. The molecular weight excluding hydrogens is 320 g/mol. The summed E-state index contributed by atoms with van der Waals surface area (Å²) in [5, 5.41) is 10.2. The third-order valence-corrected chi connectivity index (χ3v) is 5.26. The number of rotatable bonds is 2. The number of phenolic OH excluding ortho intramolecular Hbond substituents is 1. The molecule has 2 aromatic carbocycles. The van der Waals surface area contributed by atoms with Gasteiger partial charge < -0.3 is 10.0 Å². The Morgan fingerprint density at radius 1 is 1.29 bits per heavy atom. The van der Waals surface area contributed by atoms with Crippen molar-refractivity contribution in [1.82, 2.24) is 0 Å². The Hall–Kier alpha value is -2.00. The molecule has 4 heteroatoms. The molecule has 3 rings (SSSR count). The number of anilines is 1. The van der Waals surface area contributed by atoms with E-state index in [1.54, 1.807) is 24.4 Å². The van der Waals surface area contributed by atoms with E-state index in [0.29, 0.717) is 16.6 Å². The minimum absolute atomic E-state index is 0.118. The van der Waals surface area contributed by atoms with E-state index < -0.39 is 0 Å². The van der Waals surface area contributed by atoms with Gasteiger partial charge in [0, 0.05) is 36.1 Å². The summed E-state index contributed by atoms with van der Waals surface area (Å²) in [6.07, 6.45) is 2.87. The SMILES string of the molecule is CC1CC(C)(C)N(C)c2cc(Cl)c(C=Nc3cccc(O)c3)cc21. The van der Waals surface area contributed by atoms with Crippen LogP contribution in [0, 0.1) is 0 Å². The minimum Gasteiger partial charge on any atom is -0.508 e. The van der Waals surface area contributed by atoms with Gasteiger partial charge in [0.15, 0.2) is 0 Å². The normalized spacial score (nSPS) is 19.5. The maximum absolute atomic E-state index is 9.53. The molecule has 0 radical (unpaired) electrons. The van der Waals surface area contributed by atoms with E-state index in [1.807, 2.05) is 12.1 Å². The van der Waals surface area contributed by atoms with Crippen molar-refractivity contribution < 1.29 is 5.11 Å². The average molecular weight is 343 g/mol. The molecule has 1 aliphatic rings. The number of aliphatic imine (C=N–C) groups is 1. The zero-order valence-corrected chi connectivity index (χ0v) is 15.3. The van der Waals surface area contributed by atoms with Crippen LogP contribution in [0.1, 0.15) is 44.2 Å². The molecule has 0 bridgehead atoms. The van der Waals surface area contributed by atoms with Crippen LogP contribution in [0.3, 0.4) is 0 Å². The summed E-state index contributed by atoms with van der Waals surface area (Å²) < 4.78 is 0. The van der Waals surface area contributed by atoms with Gasteiger partial charge >= 0.3 is 0 Å². The molecular formula is C20H23ClN2O. The summed E-state index contributed by atoms with van der Waals surface area (Å²) >= 11 is 6.50. The molecule has 24 heavy (non-hydrogen) atoms. The van der Waals surface area contributed by atoms with Crippen LogP contribution in [-0.2, 0) is 0 Å². The van der Waals surface area contributed by atoms with Gasteiger partial charge in [-0.3, -0.25) is 4.99 Å². The highest BCUT2D eigenvalue weighted by molar-refractivity contribution is 6.33. The van der Waals surface area contributed by atoms with Crippen molar-refractivity contribution in [3.63, 3.8) is 0 Å². The summed E-state index contributed by atoms with van der Waals surface area (Å²) in [4.78, 5) is 6.75. The molecule has 2 aromatic rings. The first-order chi connectivity index (χ1) is 11.3. The second-order valence-corrected chi connectivity index (χ2v) is 7.59. The number of hydrogen-bond donors (Lipinski definition) is 1. The standard InChI is InChI=1S/C20H23ClN2O/c1-13-11-20(2,3)23(4)19-10-18(21)14(8-17(13)19)12-22-15-6-5-7-16(24)9-15/h5-10,12-13,24H,11H2,1-4H3. The lowest BCUT2D eigenvalue weighted by molar-refractivity contribution is 0.395. The average Bonchev–Trinajstić information content (AvgIpc) is 2.51. The number of fused-ring (bicyclic) bond motifs is 1. The maximum Gasteiger partial charge on any atom is 0.117 e. The van der Waals surface area contributed by atoms with Gasteiger partial charge in [-0.15, -0.1) is 0 Å². The molecule has 1 aliphatic heterocycles. The summed E-state index contributed by atoms with van der Waals surface area (Å²) in [6, 6.07) is 11.1. The lowest BCUT2D eigenvalue weighted by Crippen LogP contribution is -2.45. The summed E-state index contributed by atoms with van der Waals surface area (Å²) in [7, 11) is 2.13. The van der Waals surface area contributed by atoms with E-state index in [0.717, 1.165) is 12.0 Å². The second-order valence-electron chi connectivity index (χ2n) is 7.19. The molecule has 0 saturated heterocycles. The van der Waals surface area contributed by atoms with Crippen LogP contribution in [0.5, 0.6) is 5.75 Å². The molecule has 1 atom stereocenters. The van der Waals surface area contributed by atoms with E-state index in [-0.39, 0.29) is 11.3 Å². The van der Waals surface area contributed by atoms with Crippen LogP contribution in [0.4, 0.5) is 11.4 Å². The number of aromatic hydroxyl groups is 1. The third kappa shape index (κ3) is 3.13. The van der Waals surface area contributed by atoms with Crippen LogP contribution in [0.2, 0.25) is 5.02 Å². The van der Waals surface area contributed by atoms with Crippen LogP contribution in [0.15, 0.2) is 41.4 Å². The molecule has 0 spiro atoms. The lowest BCUT2D eigenvalue weighted by Gasteiger charge is -2.45. The monoisotopic (exact) mass is 342 g/mol. The first kappa shape index (κ1) is 16.8. The fraction of sp³-hybridized carbons (Fsp3) is 0.350. The minimum atomic E-state index is 0.118. The molecule has 0 saturated carbocycles. The Morgan fingerprint density at radius 3 is 2.75 bits per heavy atom. The Labute approximate surface area is 148 Å². The van der Waals surface area contributed by atoms with Gasteiger partial charge in [0.1, 0.15) is 5.75 Å². The molecule has 0 amide bonds. The van der Waals surface area contributed by atoms with Crippen molar-refractivity contribution in [2.45, 2.75) is 38.6 Å². The van der Waals surface area contributed by atoms with Crippen LogP contribution in [0.25, 0.3) is 0 Å². The van der Waals surface area contributed by atoms with Crippen molar-refractivity contribution in [2.24, 2.45) is 4.99 Å². The van der Waals surface area contributed by atoms with Gasteiger partial charge in [-0.2, -0.15) is 0 Å². The largest absolute Gasteiger partial charge is 0.508 e. The molecule has 0 fully saturated rings. The maximum atomic E-state index is 9.53. The number of halogens is 1. The highest BCUT2D eigenvalue weighted by Gasteiger charge is 2.34. The number of phenols is 1. The summed E-state index contributed by atoms with van der Waals surface area (Å²) in [5.74, 6) is 0.676. The van der Waals surface area contributed by atoms with Crippen molar-refractivity contribution in [2.75, 3.05) is 11.9 Å². The Morgan fingerprint density at radius 2 is 2.04 bits per heavy atom. The van der Waals surface area contributed by atoms with Crippen molar-refractivity contribution in [1.29, 1.82) is 0 Å². The van der Waals surface area contributed by atoms with Gasteiger partial charge in [-0.25, -0.2) is 0 Å². The zero-order valence-electron chi connectivity index (χ0n) is 14.5.